The minimum atomic E-state index is -0.220. The average molecular weight is 333 g/mol. The fourth-order valence-electron chi connectivity index (χ4n) is 2.34. The molecule has 1 aliphatic rings. The first-order valence-electron chi connectivity index (χ1n) is 7.59. The number of carbonyl (C=O) groups is 2. The number of thiophene rings is 1. The standard InChI is InChI=1S/C15H19N5O2S/c1-8-4-6-23-12(8)13-18-15(20-19-13)17-11(21)3-5-16-14(22)10-7-9(10)2/h4,6,9-10H,3,5,7H2,1-2H3,(H,16,22)(H2,17,18,19,20,21)/t9-,10+/m1/s1. The number of H-pyrrole nitrogens is 1. The Morgan fingerprint density at radius 2 is 2.26 bits per heavy atom. The van der Waals surface area contributed by atoms with Gasteiger partial charge in [-0.25, -0.2) is 0 Å². The fraction of sp³-hybridized carbons (Fsp3) is 0.467. The molecule has 2 aromatic heterocycles. The van der Waals surface area contributed by atoms with Crippen LogP contribution in [0.15, 0.2) is 11.4 Å². The lowest BCUT2D eigenvalue weighted by atomic mass is 10.3. The van der Waals surface area contributed by atoms with E-state index in [0.717, 1.165) is 16.9 Å². The lowest BCUT2D eigenvalue weighted by molar-refractivity contribution is -0.122. The van der Waals surface area contributed by atoms with Crippen molar-refractivity contribution in [2.75, 3.05) is 11.9 Å². The Hall–Kier alpha value is -2.22. The summed E-state index contributed by atoms with van der Waals surface area (Å²) in [6.07, 6.45) is 1.15. The molecule has 0 saturated heterocycles. The van der Waals surface area contributed by atoms with Gasteiger partial charge in [0.2, 0.25) is 17.8 Å². The van der Waals surface area contributed by atoms with Crippen LogP contribution >= 0.6 is 11.3 Å². The van der Waals surface area contributed by atoms with Gasteiger partial charge in [-0.1, -0.05) is 6.92 Å². The molecule has 0 bridgehead atoms. The molecule has 0 aromatic carbocycles. The second kappa shape index (κ2) is 6.49. The number of aromatic amines is 1. The van der Waals surface area contributed by atoms with Crippen LogP contribution in [0.25, 0.3) is 10.7 Å². The number of nitrogens with zero attached hydrogens (tertiary/aromatic N) is 2. The zero-order valence-corrected chi connectivity index (χ0v) is 13.9. The van der Waals surface area contributed by atoms with Crippen molar-refractivity contribution in [1.82, 2.24) is 20.5 Å². The molecule has 1 aliphatic carbocycles. The van der Waals surface area contributed by atoms with Crippen molar-refractivity contribution in [1.29, 1.82) is 0 Å². The van der Waals surface area contributed by atoms with Gasteiger partial charge >= 0.3 is 0 Å². The molecular weight excluding hydrogens is 314 g/mol. The number of nitrogens with one attached hydrogen (secondary N) is 3. The van der Waals surface area contributed by atoms with Crippen LogP contribution in [0.4, 0.5) is 5.95 Å². The van der Waals surface area contributed by atoms with Gasteiger partial charge in [0.1, 0.15) is 0 Å². The number of carbonyl (C=O) groups excluding carboxylic acids is 2. The number of aromatic nitrogens is 3. The van der Waals surface area contributed by atoms with E-state index < -0.39 is 0 Å². The van der Waals surface area contributed by atoms with Crippen LogP contribution in [-0.2, 0) is 9.59 Å². The number of anilines is 1. The van der Waals surface area contributed by atoms with Crippen molar-refractivity contribution in [3.8, 4) is 10.7 Å². The number of rotatable bonds is 6. The minimum Gasteiger partial charge on any atom is -0.355 e. The molecule has 1 saturated carbocycles. The summed E-state index contributed by atoms with van der Waals surface area (Å²) < 4.78 is 0. The highest BCUT2D eigenvalue weighted by atomic mass is 32.1. The quantitative estimate of drug-likeness (QED) is 0.752. The topological polar surface area (TPSA) is 99.8 Å². The largest absolute Gasteiger partial charge is 0.355 e. The highest BCUT2D eigenvalue weighted by Gasteiger charge is 2.38. The van der Waals surface area contributed by atoms with Crippen molar-refractivity contribution in [2.45, 2.75) is 26.7 Å². The number of aryl methyl sites for hydroxylation is 1. The second-order valence-electron chi connectivity index (χ2n) is 5.85. The number of hydrogen-bond acceptors (Lipinski definition) is 5. The third kappa shape index (κ3) is 3.76. The molecule has 0 aliphatic heterocycles. The van der Waals surface area contributed by atoms with Gasteiger partial charge in [0.15, 0.2) is 5.82 Å². The summed E-state index contributed by atoms with van der Waals surface area (Å²) in [6, 6.07) is 2.00. The Labute approximate surface area is 137 Å². The first kappa shape index (κ1) is 15.7. The van der Waals surface area contributed by atoms with E-state index in [1.807, 2.05) is 25.3 Å². The predicted octanol–water partition coefficient (Wildman–Crippen LogP) is 1.94. The molecule has 0 spiro atoms. The van der Waals surface area contributed by atoms with E-state index in [9.17, 15) is 9.59 Å². The monoisotopic (exact) mass is 333 g/mol. The van der Waals surface area contributed by atoms with Crippen molar-refractivity contribution in [3.05, 3.63) is 17.0 Å². The summed E-state index contributed by atoms with van der Waals surface area (Å²) in [4.78, 5) is 28.8. The molecule has 2 heterocycles. The summed E-state index contributed by atoms with van der Waals surface area (Å²) >= 11 is 1.57. The molecule has 2 aromatic rings. The molecule has 7 nitrogen and oxygen atoms in total. The van der Waals surface area contributed by atoms with E-state index in [1.165, 1.54) is 0 Å². The van der Waals surface area contributed by atoms with Crippen LogP contribution in [0.1, 0.15) is 25.3 Å². The Bertz CT molecular complexity index is 723. The molecule has 0 unspecified atom stereocenters. The Morgan fingerprint density at radius 3 is 2.91 bits per heavy atom. The molecule has 2 amide bonds. The first-order valence-corrected chi connectivity index (χ1v) is 8.47. The van der Waals surface area contributed by atoms with Crippen LogP contribution in [-0.4, -0.2) is 33.5 Å². The summed E-state index contributed by atoms with van der Waals surface area (Å²) in [7, 11) is 0. The average Bonchev–Trinajstić information content (AvgIpc) is 2.88. The third-order valence-electron chi connectivity index (χ3n) is 3.91. The van der Waals surface area contributed by atoms with Gasteiger partial charge in [0, 0.05) is 18.9 Å². The lowest BCUT2D eigenvalue weighted by Gasteiger charge is -2.04. The molecule has 8 heteroatoms. The second-order valence-corrected chi connectivity index (χ2v) is 6.77. The first-order chi connectivity index (χ1) is 11.0. The van der Waals surface area contributed by atoms with E-state index >= 15 is 0 Å². The Morgan fingerprint density at radius 1 is 1.48 bits per heavy atom. The van der Waals surface area contributed by atoms with Crippen molar-refractivity contribution < 1.29 is 9.59 Å². The molecule has 2 atom stereocenters. The minimum absolute atomic E-state index is 0.0404. The fourth-order valence-corrected chi connectivity index (χ4v) is 3.20. The van der Waals surface area contributed by atoms with E-state index in [-0.39, 0.29) is 30.1 Å². The van der Waals surface area contributed by atoms with Gasteiger partial charge in [-0.05, 0) is 36.3 Å². The van der Waals surface area contributed by atoms with E-state index in [1.54, 1.807) is 11.3 Å². The highest BCUT2D eigenvalue weighted by Crippen LogP contribution is 2.37. The van der Waals surface area contributed by atoms with Crippen LogP contribution < -0.4 is 10.6 Å². The Balaban J connectivity index is 1.46. The van der Waals surface area contributed by atoms with Crippen molar-refractivity contribution in [2.24, 2.45) is 11.8 Å². The van der Waals surface area contributed by atoms with E-state index in [2.05, 4.69) is 25.8 Å². The SMILES string of the molecule is Cc1ccsc1-c1nc(NC(=O)CCNC(=O)[C@H]2C[C@H]2C)n[nH]1. The highest BCUT2D eigenvalue weighted by molar-refractivity contribution is 7.13. The summed E-state index contributed by atoms with van der Waals surface area (Å²) in [5.74, 6) is 1.31. The third-order valence-corrected chi connectivity index (χ3v) is 4.93. The van der Waals surface area contributed by atoms with E-state index in [4.69, 9.17) is 0 Å². The zero-order valence-electron chi connectivity index (χ0n) is 13.0. The Kier molecular flexibility index (Phi) is 4.42. The van der Waals surface area contributed by atoms with Crippen LogP contribution in [0.5, 0.6) is 0 Å². The zero-order chi connectivity index (χ0) is 16.4. The van der Waals surface area contributed by atoms with Gasteiger partial charge in [0.05, 0.1) is 4.88 Å². The number of hydrogen-bond donors (Lipinski definition) is 3. The smallest absolute Gasteiger partial charge is 0.249 e. The normalized spacial score (nSPS) is 19.4. The molecule has 0 radical (unpaired) electrons. The molecule has 3 N–H and O–H groups in total. The van der Waals surface area contributed by atoms with Crippen LogP contribution in [0, 0.1) is 18.8 Å². The van der Waals surface area contributed by atoms with Crippen LogP contribution in [0.3, 0.4) is 0 Å². The summed E-state index contributed by atoms with van der Waals surface area (Å²) in [5.41, 5.74) is 1.11. The molecule has 1 fully saturated rings. The summed E-state index contributed by atoms with van der Waals surface area (Å²) in [5, 5.41) is 14.2. The maximum atomic E-state index is 11.9. The maximum Gasteiger partial charge on any atom is 0.249 e. The number of amides is 2. The predicted molar refractivity (Wildman–Crippen MR) is 88.0 cm³/mol. The van der Waals surface area contributed by atoms with Gasteiger partial charge in [-0.2, -0.15) is 4.98 Å². The van der Waals surface area contributed by atoms with Gasteiger partial charge in [-0.15, -0.1) is 16.4 Å². The molecule has 23 heavy (non-hydrogen) atoms. The summed E-state index contributed by atoms with van der Waals surface area (Å²) in [6.45, 7) is 4.37. The van der Waals surface area contributed by atoms with Gasteiger partial charge < -0.3 is 5.32 Å². The van der Waals surface area contributed by atoms with Gasteiger partial charge in [-0.3, -0.25) is 20.0 Å². The molecule has 3 rings (SSSR count). The lowest BCUT2D eigenvalue weighted by Crippen LogP contribution is -2.29. The maximum absolute atomic E-state index is 11.9. The van der Waals surface area contributed by atoms with E-state index in [0.29, 0.717) is 18.3 Å². The van der Waals surface area contributed by atoms with Crippen LogP contribution in [0.2, 0.25) is 0 Å². The molecule has 122 valence electrons. The van der Waals surface area contributed by atoms with Gasteiger partial charge in [0.25, 0.3) is 0 Å². The van der Waals surface area contributed by atoms with Crippen molar-refractivity contribution >= 4 is 29.1 Å². The van der Waals surface area contributed by atoms with Crippen molar-refractivity contribution in [3.63, 3.8) is 0 Å². The molecular formula is C15H19N5O2S.